The molecule has 5 heterocycles. The number of aromatic nitrogens is 4. The van der Waals surface area contributed by atoms with Crippen molar-refractivity contribution < 1.29 is 9.59 Å². The minimum atomic E-state index is -0.515. The number of aryl methyl sites for hydroxylation is 1. The molecule has 12 nitrogen and oxygen atoms in total. The van der Waals surface area contributed by atoms with Crippen molar-refractivity contribution in [2.75, 3.05) is 31.1 Å². The average molecular weight is 618 g/mol. The largest absolute Gasteiger partial charge is 0.382 e. The first-order valence-electron chi connectivity index (χ1n) is 11.1. The number of nitrogens with two attached hydrogens (primary N) is 2. The van der Waals surface area contributed by atoms with Gasteiger partial charge in [0.15, 0.2) is 23.3 Å². The van der Waals surface area contributed by atoms with Crippen LogP contribution >= 0.6 is 33.9 Å². The predicted octanol–water partition coefficient (Wildman–Crippen LogP) is 1.44. The third-order valence-corrected chi connectivity index (χ3v) is 8.17. The number of aliphatic imine (C=N–C) groups is 1. The quantitative estimate of drug-likeness (QED) is 0.316. The normalized spacial score (nSPS) is 16.5. The van der Waals surface area contributed by atoms with E-state index in [0.717, 1.165) is 16.3 Å². The number of rotatable bonds is 3. The Morgan fingerprint density at radius 3 is 2.69 bits per heavy atom. The van der Waals surface area contributed by atoms with E-state index in [1.54, 1.807) is 12.4 Å². The maximum absolute atomic E-state index is 13.3. The summed E-state index contributed by atoms with van der Waals surface area (Å²) in [5, 5.41) is 6.84. The SMILES string of the molecule is Cc1nc(-c2cccnc2)sc1C(=O)N1CCC2(CC1)CN=C(NC(=O)c1nc(I)c(N)nc1N)N2. The number of pyridine rings is 1. The van der Waals surface area contributed by atoms with Gasteiger partial charge in [-0.1, -0.05) is 0 Å². The first kappa shape index (κ1) is 24.3. The fraction of sp³-hybridized carbons (Fsp3) is 0.318. The lowest BCUT2D eigenvalue weighted by atomic mass is 9.88. The molecule has 0 bridgehead atoms. The highest BCUT2D eigenvalue weighted by atomic mass is 127. The van der Waals surface area contributed by atoms with Crippen molar-refractivity contribution in [3.63, 3.8) is 0 Å². The van der Waals surface area contributed by atoms with E-state index in [2.05, 4.69) is 35.6 Å². The van der Waals surface area contributed by atoms with Gasteiger partial charge in [-0.2, -0.15) is 0 Å². The van der Waals surface area contributed by atoms with Crippen molar-refractivity contribution in [2.45, 2.75) is 25.3 Å². The predicted molar refractivity (Wildman–Crippen MR) is 144 cm³/mol. The highest BCUT2D eigenvalue weighted by molar-refractivity contribution is 14.1. The maximum Gasteiger partial charge on any atom is 0.280 e. The van der Waals surface area contributed by atoms with E-state index in [-0.39, 0.29) is 28.8 Å². The Bertz CT molecular complexity index is 1370. The molecule has 2 aliphatic heterocycles. The van der Waals surface area contributed by atoms with E-state index in [9.17, 15) is 9.59 Å². The fourth-order valence-electron chi connectivity index (χ4n) is 4.18. The molecule has 0 saturated carbocycles. The number of hydrogen-bond acceptors (Lipinski definition) is 11. The Kier molecular flexibility index (Phi) is 6.46. The number of piperidine rings is 1. The summed E-state index contributed by atoms with van der Waals surface area (Å²) in [5.74, 6) is -0.0563. The third kappa shape index (κ3) is 4.69. The zero-order valence-electron chi connectivity index (χ0n) is 19.3. The lowest BCUT2D eigenvalue weighted by Crippen LogP contribution is -2.56. The van der Waals surface area contributed by atoms with Crippen LogP contribution in [0.5, 0.6) is 0 Å². The Hall–Kier alpha value is -3.40. The summed E-state index contributed by atoms with van der Waals surface area (Å²) in [6.45, 7) is 3.48. The number of anilines is 2. The van der Waals surface area contributed by atoms with Crippen molar-refractivity contribution in [1.29, 1.82) is 0 Å². The van der Waals surface area contributed by atoms with Crippen LogP contribution in [-0.2, 0) is 0 Å². The number of guanidine groups is 1. The summed E-state index contributed by atoms with van der Waals surface area (Å²) in [7, 11) is 0. The molecule has 6 N–H and O–H groups in total. The van der Waals surface area contributed by atoms with Gasteiger partial charge in [-0.3, -0.25) is 24.9 Å². The third-order valence-electron chi connectivity index (χ3n) is 6.18. The lowest BCUT2D eigenvalue weighted by Gasteiger charge is -2.39. The van der Waals surface area contributed by atoms with Crippen LogP contribution in [0.1, 0.15) is 38.7 Å². The van der Waals surface area contributed by atoms with Crippen molar-refractivity contribution in [3.05, 3.63) is 44.5 Å². The smallest absolute Gasteiger partial charge is 0.280 e. The number of thiazole rings is 1. The number of halogens is 1. The molecule has 0 aliphatic carbocycles. The zero-order valence-corrected chi connectivity index (χ0v) is 22.3. The highest BCUT2D eigenvalue weighted by Gasteiger charge is 2.40. The first-order valence-corrected chi connectivity index (χ1v) is 13.0. The van der Waals surface area contributed by atoms with Gasteiger partial charge >= 0.3 is 0 Å². The van der Waals surface area contributed by atoms with Crippen LogP contribution in [0.25, 0.3) is 10.6 Å². The maximum atomic E-state index is 13.3. The summed E-state index contributed by atoms with van der Waals surface area (Å²) in [4.78, 5) is 49.7. The van der Waals surface area contributed by atoms with Crippen molar-refractivity contribution in [1.82, 2.24) is 35.5 Å². The number of likely N-dealkylation sites (tertiary alicyclic amines) is 1. The molecular weight excluding hydrogens is 595 g/mol. The van der Waals surface area contributed by atoms with E-state index in [4.69, 9.17) is 11.5 Å². The number of carbonyl (C=O) groups is 2. The fourth-order valence-corrected chi connectivity index (χ4v) is 5.57. The summed E-state index contributed by atoms with van der Waals surface area (Å²) >= 11 is 3.28. The number of nitrogens with zero attached hydrogens (tertiary/aromatic N) is 6. The highest BCUT2D eigenvalue weighted by Crippen LogP contribution is 2.31. The van der Waals surface area contributed by atoms with Crippen LogP contribution in [0, 0.1) is 10.6 Å². The topological polar surface area (TPSA) is 177 Å². The summed E-state index contributed by atoms with van der Waals surface area (Å²) in [5.41, 5.74) is 12.8. The van der Waals surface area contributed by atoms with Gasteiger partial charge < -0.3 is 21.7 Å². The Morgan fingerprint density at radius 1 is 1.19 bits per heavy atom. The van der Waals surface area contributed by atoms with Gasteiger partial charge in [0.05, 0.1) is 17.8 Å². The molecule has 0 unspecified atom stereocenters. The number of carbonyl (C=O) groups excluding carboxylic acids is 2. The van der Waals surface area contributed by atoms with E-state index in [1.165, 1.54) is 11.3 Å². The number of hydrogen-bond donors (Lipinski definition) is 4. The Balaban J connectivity index is 1.20. The van der Waals surface area contributed by atoms with E-state index in [1.807, 2.05) is 46.5 Å². The number of amides is 2. The molecule has 2 aliphatic rings. The minimum Gasteiger partial charge on any atom is -0.382 e. The van der Waals surface area contributed by atoms with Gasteiger partial charge in [0, 0.05) is 31.0 Å². The van der Waals surface area contributed by atoms with Crippen LogP contribution < -0.4 is 22.1 Å². The Morgan fingerprint density at radius 2 is 1.97 bits per heavy atom. The molecule has 0 atom stereocenters. The second-order valence-corrected chi connectivity index (χ2v) is 10.6. The average Bonchev–Trinajstić information content (AvgIpc) is 3.45. The number of nitrogen functional groups attached to an aromatic ring is 2. The van der Waals surface area contributed by atoms with Gasteiger partial charge in [0.2, 0.25) is 0 Å². The first-order chi connectivity index (χ1) is 17.2. The second kappa shape index (κ2) is 9.57. The molecule has 0 radical (unpaired) electrons. The molecule has 0 aromatic carbocycles. The molecule has 3 aromatic rings. The molecular formula is C22H23IN10O2S. The van der Waals surface area contributed by atoms with Crippen LogP contribution in [0.3, 0.4) is 0 Å². The lowest BCUT2D eigenvalue weighted by molar-refractivity contribution is 0.0672. The molecule has 1 spiro atoms. The van der Waals surface area contributed by atoms with Gasteiger partial charge in [-0.15, -0.1) is 11.3 Å². The second-order valence-electron chi connectivity index (χ2n) is 8.63. The Labute approximate surface area is 224 Å². The molecule has 3 aromatic heterocycles. The molecule has 14 heteroatoms. The van der Waals surface area contributed by atoms with E-state index < -0.39 is 5.91 Å². The van der Waals surface area contributed by atoms with Crippen LogP contribution in [-0.4, -0.2) is 67.8 Å². The van der Waals surface area contributed by atoms with Crippen molar-refractivity contribution >= 4 is 63.3 Å². The molecule has 2 amide bonds. The van der Waals surface area contributed by atoms with Crippen LogP contribution in [0.2, 0.25) is 0 Å². The van der Waals surface area contributed by atoms with E-state index in [0.29, 0.717) is 47.0 Å². The van der Waals surface area contributed by atoms with Crippen molar-refractivity contribution in [2.24, 2.45) is 4.99 Å². The molecule has 5 rings (SSSR count). The summed E-state index contributed by atoms with van der Waals surface area (Å²) in [6.07, 6.45) is 4.83. The molecule has 186 valence electrons. The van der Waals surface area contributed by atoms with Crippen molar-refractivity contribution in [3.8, 4) is 10.6 Å². The van der Waals surface area contributed by atoms with Crippen LogP contribution in [0.15, 0.2) is 29.5 Å². The molecule has 1 fully saturated rings. The zero-order chi connectivity index (χ0) is 25.4. The van der Waals surface area contributed by atoms with Gasteiger partial charge in [-0.25, -0.2) is 15.0 Å². The van der Waals surface area contributed by atoms with Gasteiger partial charge in [-0.05, 0) is 54.5 Å². The summed E-state index contributed by atoms with van der Waals surface area (Å²) < 4.78 is 0.394. The standard InChI is InChI=1S/C22H23IN10O2S/c1-11-14(36-19(28-11)12-3-2-6-26-9-12)20(35)33-7-4-22(5-8-33)10-27-21(32-22)31-18(34)13-16(24)30-17(25)15(23)29-13/h2-3,6,9H,4-5,7-8,10H2,1H3,(H4,24,25,30)(H2,27,31,32,34). The van der Waals surface area contributed by atoms with Gasteiger partial charge in [0.25, 0.3) is 11.8 Å². The van der Waals surface area contributed by atoms with E-state index >= 15 is 0 Å². The molecule has 1 saturated heterocycles. The minimum absolute atomic E-state index is 0.00922. The molecule has 36 heavy (non-hydrogen) atoms. The van der Waals surface area contributed by atoms with Crippen LogP contribution in [0.4, 0.5) is 11.6 Å². The number of nitrogens with one attached hydrogen (secondary N) is 2. The van der Waals surface area contributed by atoms with Gasteiger partial charge in [0.1, 0.15) is 13.6 Å². The monoisotopic (exact) mass is 618 g/mol. The summed E-state index contributed by atoms with van der Waals surface area (Å²) in [6, 6.07) is 3.78.